The van der Waals surface area contributed by atoms with Gasteiger partial charge in [-0.05, 0) is 42.7 Å². The number of aryl methyl sites for hydroxylation is 1. The Kier molecular flexibility index (Phi) is 4.39. The molecule has 2 aromatic rings. The molecule has 144 valence electrons. The van der Waals surface area contributed by atoms with E-state index in [1.165, 1.54) is 18.4 Å². The van der Waals surface area contributed by atoms with Crippen LogP contribution < -0.4 is 14.4 Å². The van der Waals surface area contributed by atoms with E-state index in [9.17, 15) is 13.5 Å². The van der Waals surface area contributed by atoms with Crippen molar-refractivity contribution >= 4 is 15.7 Å². The summed E-state index contributed by atoms with van der Waals surface area (Å²) in [4.78, 5) is 2.46. The van der Waals surface area contributed by atoms with Gasteiger partial charge in [0.2, 0.25) is 16.8 Å². The van der Waals surface area contributed by atoms with Gasteiger partial charge < -0.3 is 19.5 Å². The summed E-state index contributed by atoms with van der Waals surface area (Å²) >= 11 is 0. The number of benzene rings is 2. The first-order valence-electron chi connectivity index (χ1n) is 8.78. The summed E-state index contributed by atoms with van der Waals surface area (Å²) in [6, 6.07) is 8.64. The van der Waals surface area contributed by atoms with E-state index in [0.29, 0.717) is 22.9 Å². The van der Waals surface area contributed by atoms with Crippen LogP contribution in [0.2, 0.25) is 0 Å². The summed E-state index contributed by atoms with van der Waals surface area (Å²) < 4.78 is 36.7. The molecule has 0 aromatic heterocycles. The van der Waals surface area contributed by atoms with Crippen LogP contribution in [-0.2, 0) is 23.0 Å². The zero-order chi connectivity index (χ0) is 19.2. The van der Waals surface area contributed by atoms with Crippen LogP contribution in [0.3, 0.4) is 0 Å². The second-order valence-corrected chi connectivity index (χ2v) is 9.09. The van der Waals surface area contributed by atoms with Crippen molar-refractivity contribution in [1.29, 1.82) is 0 Å². The first-order valence-corrected chi connectivity index (χ1v) is 10.2. The number of phenolic OH excluding ortho intramolecular Hbond substituents is 1. The molecular formula is C19H22N2O5S. The first kappa shape index (κ1) is 17.9. The minimum absolute atomic E-state index is 0.161. The van der Waals surface area contributed by atoms with Gasteiger partial charge in [-0.2, -0.15) is 0 Å². The van der Waals surface area contributed by atoms with Crippen LogP contribution >= 0.6 is 0 Å². The van der Waals surface area contributed by atoms with Crippen molar-refractivity contribution in [3.05, 3.63) is 41.5 Å². The van der Waals surface area contributed by atoms with Gasteiger partial charge >= 0.3 is 0 Å². The maximum atomic E-state index is 12.4. The number of rotatable bonds is 4. The highest BCUT2D eigenvalue weighted by molar-refractivity contribution is 7.89. The number of aromatic hydroxyl groups is 1. The zero-order valence-electron chi connectivity index (χ0n) is 15.3. The normalized spacial score (nSPS) is 15.9. The molecule has 0 radical (unpaired) electrons. The third-order valence-electron chi connectivity index (χ3n) is 4.98. The molecule has 2 aliphatic rings. The average molecular weight is 390 g/mol. The predicted molar refractivity (Wildman–Crippen MR) is 101 cm³/mol. The number of nitrogens with zero attached hydrogens (tertiary/aromatic N) is 2. The Hall–Kier alpha value is -2.45. The lowest BCUT2D eigenvalue weighted by atomic mass is 10.0. The quantitative estimate of drug-likeness (QED) is 0.863. The van der Waals surface area contributed by atoms with Gasteiger partial charge in [-0.25, -0.2) is 12.7 Å². The fourth-order valence-electron chi connectivity index (χ4n) is 3.49. The molecule has 0 fully saturated rings. The molecule has 4 rings (SSSR count). The Bertz CT molecular complexity index is 988. The maximum absolute atomic E-state index is 12.4. The number of phenols is 1. The standard InChI is InChI=1S/C19H22N2O5S/c1-20(2)27(23,24)15-5-6-16-13(8-15)4-3-7-21(16)11-14-9-18-19(10-17(14)22)26-12-25-18/h5-6,8-10,22H,3-4,7,11-12H2,1-2H3. The Morgan fingerprint density at radius 1 is 1.15 bits per heavy atom. The van der Waals surface area contributed by atoms with Gasteiger partial charge in [0.1, 0.15) is 5.75 Å². The van der Waals surface area contributed by atoms with Crippen molar-refractivity contribution < 1.29 is 23.0 Å². The van der Waals surface area contributed by atoms with Crippen molar-refractivity contribution in [1.82, 2.24) is 4.31 Å². The number of hydrogen-bond donors (Lipinski definition) is 1. The van der Waals surface area contributed by atoms with Crippen molar-refractivity contribution in [3.8, 4) is 17.2 Å². The number of hydrogen-bond acceptors (Lipinski definition) is 6. The van der Waals surface area contributed by atoms with Gasteiger partial charge in [-0.3, -0.25) is 0 Å². The van der Waals surface area contributed by atoms with E-state index >= 15 is 0 Å². The SMILES string of the molecule is CN(C)S(=O)(=O)c1ccc2c(c1)CCCN2Cc1cc2c(cc1O)OCO2. The molecule has 0 amide bonds. The van der Waals surface area contributed by atoms with E-state index < -0.39 is 10.0 Å². The summed E-state index contributed by atoms with van der Waals surface area (Å²) in [5.74, 6) is 1.35. The fraction of sp³-hybridized carbons (Fsp3) is 0.368. The van der Waals surface area contributed by atoms with Crippen LogP contribution in [-0.4, -0.2) is 45.3 Å². The molecule has 2 aliphatic heterocycles. The minimum atomic E-state index is -3.46. The minimum Gasteiger partial charge on any atom is -0.507 e. The smallest absolute Gasteiger partial charge is 0.242 e. The molecule has 0 saturated carbocycles. The lowest BCUT2D eigenvalue weighted by Gasteiger charge is -2.32. The summed E-state index contributed by atoms with van der Waals surface area (Å²) in [5.41, 5.74) is 2.75. The lowest BCUT2D eigenvalue weighted by molar-refractivity contribution is 0.174. The topological polar surface area (TPSA) is 79.3 Å². The molecule has 8 heteroatoms. The van der Waals surface area contributed by atoms with Crippen LogP contribution in [0.1, 0.15) is 17.5 Å². The molecule has 27 heavy (non-hydrogen) atoms. The number of sulfonamides is 1. The molecule has 0 atom stereocenters. The van der Waals surface area contributed by atoms with Gasteiger partial charge in [0.15, 0.2) is 11.5 Å². The average Bonchev–Trinajstić information content (AvgIpc) is 3.08. The highest BCUT2D eigenvalue weighted by Gasteiger charge is 2.24. The molecule has 0 aliphatic carbocycles. The van der Waals surface area contributed by atoms with Gasteiger partial charge in [-0.1, -0.05) is 0 Å². The molecule has 0 saturated heterocycles. The van der Waals surface area contributed by atoms with E-state index in [2.05, 4.69) is 4.90 Å². The summed E-state index contributed by atoms with van der Waals surface area (Å²) in [6.45, 7) is 1.50. The summed E-state index contributed by atoms with van der Waals surface area (Å²) in [7, 11) is -0.393. The summed E-state index contributed by atoms with van der Waals surface area (Å²) in [6.07, 6.45) is 1.75. The zero-order valence-corrected chi connectivity index (χ0v) is 16.1. The Balaban J connectivity index is 1.65. The first-order chi connectivity index (χ1) is 12.9. The van der Waals surface area contributed by atoms with Crippen molar-refractivity contribution in [3.63, 3.8) is 0 Å². The molecule has 0 bridgehead atoms. The third kappa shape index (κ3) is 3.19. The third-order valence-corrected chi connectivity index (χ3v) is 6.79. The highest BCUT2D eigenvalue weighted by Crippen LogP contribution is 2.39. The van der Waals surface area contributed by atoms with E-state index in [-0.39, 0.29) is 12.5 Å². The fourth-order valence-corrected chi connectivity index (χ4v) is 4.45. The molecule has 0 spiro atoms. The van der Waals surface area contributed by atoms with Crippen LogP contribution in [0.25, 0.3) is 0 Å². The molecule has 2 aromatic carbocycles. The van der Waals surface area contributed by atoms with E-state index in [4.69, 9.17) is 9.47 Å². The highest BCUT2D eigenvalue weighted by atomic mass is 32.2. The van der Waals surface area contributed by atoms with E-state index in [1.807, 2.05) is 6.07 Å². The van der Waals surface area contributed by atoms with E-state index in [1.54, 1.807) is 24.3 Å². The molecular weight excluding hydrogens is 368 g/mol. The van der Waals surface area contributed by atoms with Gasteiger partial charge in [0.25, 0.3) is 0 Å². The van der Waals surface area contributed by atoms with Gasteiger partial charge in [0.05, 0.1) is 4.90 Å². The largest absolute Gasteiger partial charge is 0.507 e. The Labute approximate surface area is 158 Å². The number of anilines is 1. The molecule has 0 unspecified atom stereocenters. The van der Waals surface area contributed by atoms with Crippen molar-refractivity contribution in [2.45, 2.75) is 24.3 Å². The molecule has 7 nitrogen and oxygen atoms in total. The van der Waals surface area contributed by atoms with E-state index in [0.717, 1.165) is 36.2 Å². The second kappa shape index (κ2) is 6.61. The van der Waals surface area contributed by atoms with Gasteiger partial charge in [-0.15, -0.1) is 0 Å². The van der Waals surface area contributed by atoms with Crippen LogP contribution in [0.5, 0.6) is 17.2 Å². The van der Waals surface area contributed by atoms with Crippen molar-refractivity contribution in [2.24, 2.45) is 0 Å². The Morgan fingerprint density at radius 2 is 1.89 bits per heavy atom. The van der Waals surface area contributed by atoms with Gasteiger partial charge in [0, 0.05) is 44.5 Å². The van der Waals surface area contributed by atoms with Crippen LogP contribution in [0.4, 0.5) is 5.69 Å². The predicted octanol–water partition coefficient (Wildman–Crippen LogP) is 2.32. The maximum Gasteiger partial charge on any atom is 0.242 e. The number of ether oxygens (including phenoxy) is 2. The van der Waals surface area contributed by atoms with Crippen LogP contribution in [0.15, 0.2) is 35.2 Å². The van der Waals surface area contributed by atoms with Crippen molar-refractivity contribution in [2.75, 3.05) is 32.3 Å². The van der Waals surface area contributed by atoms with Crippen LogP contribution in [0, 0.1) is 0 Å². The molecule has 2 heterocycles. The lowest BCUT2D eigenvalue weighted by Crippen LogP contribution is -2.29. The second-order valence-electron chi connectivity index (χ2n) is 6.94. The molecule has 1 N–H and O–H groups in total. The summed E-state index contributed by atoms with van der Waals surface area (Å²) in [5, 5.41) is 10.3. The monoisotopic (exact) mass is 390 g/mol. The number of fused-ring (bicyclic) bond motifs is 2. The Morgan fingerprint density at radius 3 is 2.63 bits per heavy atom.